The number of thiocarbonyl (C=S) groups is 1. The highest BCUT2D eigenvalue weighted by molar-refractivity contribution is 7.80. The van der Waals surface area contributed by atoms with Gasteiger partial charge in [0.25, 0.3) is 0 Å². The van der Waals surface area contributed by atoms with Crippen LogP contribution in [0.2, 0.25) is 0 Å². The van der Waals surface area contributed by atoms with Crippen molar-refractivity contribution in [2.75, 3.05) is 16.0 Å². The first-order chi connectivity index (χ1) is 15.0. The van der Waals surface area contributed by atoms with E-state index in [2.05, 4.69) is 35.9 Å². The van der Waals surface area contributed by atoms with Gasteiger partial charge in [0.2, 0.25) is 17.0 Å². The van der Waals surface area contributed by atoms with E-state index in [-0.39, 0.29) is 0 Å². The van der Waals surface area contributed by atoms with Crippen molar-refractivity contribution in [3.8, 4) is 0 Å². The van der Waals surface area contributed by atoms with Crippen molar-refractivity contribution >= 4 is 51.5 Å². The van der Waals surface area contributed by atoms with Gasteiger partial charge < -0.3 is 10.6 Å². The van der Waals surface area contributed by atoms with Crippen LogP contribution in [0.3, 0.4) is 0 Å². The van der Waals surface area contributed by atoms with E-state index in [1.54, 1.807) is 6.20 Å². The average molecular weight is 428 g/mol. The fourth-order valence-electron chi connectivity index (χ4n) is 3.03. The van der Waals surface area contributed by atoms with Gasteiger partial charge in [-0.25, -0.2) is 9.97 Å². The topological polar surface area (TPSA) is 87.1 Å². The van der Waals surface area contributed by atoms with Gasteiger partial charge in [0.1, 0.15) is 0 Å². The second-order valence-corrected chi connectivity index (χ2v) is 7.28. The van der Waals surface area contributed by atoms with Crippen molar-refractivity contribution in [3.05, 3.63) is 84.3 Å². The Morgan fingerprint density at radius 2 is 1.52 bits per heavy atom. The third-order valence-corrected chi connectivity index (χ3v) is 4.50. The molecule has 7 nitrogen and oxygen atoms in total. The summed E-state index contributed by atoms with van der Waals surface area (Å²) in [4.78, 5) is 17.9. The zero-order valence-electron chi connectivity index (χ0n) is 17.1. The number of nitrogens with zero attached hydrogens (tertiary/aromatic N) is 4. The van der Waals surface area contributed by atoms with Gasteiger partial charge in [-0.3, -0.25) is 10.3 Å². The molecule has 0 aliphatic rings. The standard InChI is InChI=1S/C23H21N7S/c1-15-12-16(2)26-21(25-15)29-22(30-23(31)28-18-9-4-3-5-10-18)27-19-13-17-8-6-7-11-20(17)24-14-19/h3-14H,1-2H3,(H3,25,26,27,28,29,30,31). The van der Waals surface area contributed by atoms with Crippen molar-refractivity contribution in [1.29, 1.82) is 0 Å². The van der Waals surface area contributed by atoms with Crippen molar-refractivity contribution in [2.45, 2.75) is 13.8 Å². The third-order valence-electron chi connectivity index (χ3n) is 4.30. The van der Waals surface area contributed by atoms with Crippen LogP contribution in [0.15, 0.2) is 77.9 Å². The summed E-state index contributed by atoms with van der Waals surface area (Å²) in [6.45, 7) is 3.83. The number of aliphatic imine (C=N–C) groups is 1. The number of fused-ring (bicyclic) bond motifs is 1. The van der Waals surface area contributed by atoms with Gasteiger partial charge in [0.15, 0.2) is 0 Å². The van der Waals surface area contributed by atoms with E-state index in [0.29, 0.717) is 17.0 Å². The highest BCUT2D eigenvalue weighted by Gasteiger charge is 2.08. The molecule has 4 aromatic rings. The minimum Gasteiger partial charge on any atom is -0.331 e. The Labute approximate surface area is 185 Å². The van der Waals surface area contributed by atoms with Crippen LogP contribution in [-0.4, -0.2) is 26.0 Å². The van der Waals surface area contributed by atoms with Crippen molar-refractivity contribution in [2.24, 2.45) is 4.99 Å². The zero-order chi connectivity index (χ0) is 21.6. The SMILES string of the molecule is Cc1cc(C)nc(N/C(=N\C(=S)Nc2ccccc2)Nc2cnc3ccccc3c2)n1. The Bertz CT molecular complexity index is 1240. The van der Waals surface area contributed by atoms with Gasteiger partial charge in [-0.2, -0.15) is 4.99 Å². The first kappa shape index (κ1) is 20.4. The molecule has 2 aromatic carbocycles. The van der Waals surface area contributed by atoms with Crippen molar-refractivity contribution in [3.63, 3.8) is 0 Å². The number of anilines is 3. The monoisotopic (exact) mass is 427 g/mol. The summed E-state index contributed by atoms with van der Waals surface area (Å²) in [5.41, 5.74) is 4.24. The summed E-state index contributed by atoms with van der Waals surface area (Å²) in [6, 6.07) is 21.4. The van der Waals surface area contributed by atoms with Gasteiger partial charge in [-0.15, -0.1) is 0 Å². The molecule has 0 bridgehead atoms. The highest BCUT2D eigenvalue weighted by atomic mass is 32.1. The molecule has 0 radical (unpaired) electrons. The van der Waals surface area contributed by atoms with Crippen LogP contribution in [0.5, 0.6) is 0 Å². The van der Waals surface area contributed by atoms with Crippen LogP contribution < -0.4 is 16.0 Å². The molecule has 2 aromatic heterocycles. The molecular formula is C23H21N7S. The number of hydrogen-bond acceptors (Lipinski definition) is 4. The molecule has 0 spiro atoms. The molecule has 0 fully saturated rings. The van der Waals surface area contributed by atoms with Crippen molar-refractivity contribution < 1.29 is 0 Å². The van der Waals surface area contributed by atoms with Crippen LogP contribution in [0, 0.1) is 13.8 Å². The molecule has 3 N–H and O–H groups in total. The fraction of sp³-hybridized carbons (Fsp3) is 0.0870. The van der Waals surface area contributed by atoms with E-state index < -0.39 is 0 Å². The van der Waals surface area contributed by atoms with Gasteiger partial charge >= 0.3 is 0 Å². The Balaban J connectivity index is 1.62. The van der Waals surface area contributed by atoms with Crippen LogP contribution >= 0.6 is 12.2 Å². The number of para-hydroxylation sites is 2. The number of aryl methyl sites for hydroxylation is 2. The lowest BCUT2D eigenvalue weighted by atomic mass is 10.2. The number of guanidine groups is 1. The minimum absolute atomic E-state index is 0.291. The Hall–Kier alpha value is -3.91. The molecule has 0 aliphatic heterocycles. The quantitative estimate of drug-likeness (QED) is 0.243. The van der Waals surface area contributed by atoms with Gasteiger partial charge in [-0.1, -0.05) is 36.4 Å². The molecule has 154 valence electrons. The lowest BCUT2D eigenvalue weighted by molar-refractivity contribution is 1.06. The average Bonchev–Trinajstić information content (AvgIpc) is 2.73. The summed E-state index contributed by atoms with van der Waals surface area (Å²) in [5.74, 6) is 0.815. The molecule has 0 saturated heterocycles. The number of pyridine rings is 1. The fourth-order valence-corrected chi connectivity index (χ4v) is 3.23. The van der Waals surface area contributed by atoms with Crippen LogP contribution in [0.4, 0.5) is 17.3 Å². The first-order valence-corrected chi connectivity index (χ1v) is 10.1. The van der Waals surface area contributed by atoms with Crippen molar-refractivity contribution in [1.82, 2.24) is 15.0 Å². The Morgan fingerprint density at radius 3 is 2.29 bits per heavy atom. The maximum atomic E-state index is 5.44. The Morgan fingerprint density at radius 1 is 0.806 bits per heavy atom. The van der Waals surface area contributed by atoms with E-state index in [4.69, 9.17) is 12.2 Å². The summed E-state index contributed by atoms with van der Waals surface area (Å²) >= 11 is 5.44. The highest BCUT2D eigenvalue weighted by Crippen LogP contribution is 2.16. The number of benzene rings is 2. The molecular weight excluding hydrogens is 406 g/mol. The van der Waals surface area contributed by atoms with E-state index >= 15 is 0 Å². The number of nitrogens with one attached hydrogen (secondary N) is 3. The predicted molar refractivity (Wildman–Crippen MR) is 131 cm³/mol. The number of aromatic nitrogens is 3. The van der Waals surface area contributed by atoms with E-state index in [0.717, 1.165) is 33.7 Å². The summed E-state index contributed by atoms with van der Waals surface area (Å²) in [7, 11) is 0. The van der Waals surface area contributed by atoms with Gasteiger partial charge in [-0.05, 0) is 56.4 Å². The molecule has 8 heteroatoms. The predicted octanol–water partition coefficient (Wildman–Crippen LogP) is 4.92. The molecule has 0 atom stereocenters. The normalized spacial score (nSPS) is 11.2. The molecule has 0 amide bonds. The molecule has 31 heavy (non-hydrogen) atoms. The van der Waals surface area contributed by atoms with Crippen LogP contribution in [0.25, 0.3) is 10.9 Å². The largest absolute Gasteiger partial charge is 0.331 e. The molecule has 0 aliphatic carbocycles. The molecule has 2 heterocycles. The zero-order valence-corrected chi connectivity index (χ0v) is 17.9. The van der Waals surface area contributed by atoms with E-state index in [1.807, 2.05) is 80.6 Å². The molecule has 4 rings (SSSR count). The maximum absolute atomic E-state index is 5.44. The second kappa shape index (κ2) is 9.27. The minimum atomic E-state index is 0.291. The van der Waals surface area contributed by atoms with Crippen LogP contribution in [-0.2, 0) is 0 Å². The number of rotatable bonds is 3. The van der Waals surface area contributed by atoms with Gasteiger partial charge in [0.05, 0.1) is 17.4 Å². The lowest BCUT2D eigenvalue weighted by Gasteiger charge is -2.13. The Kier molecular flexibility index (Phi) is 6.09. The van der Waals surface area contributed by atoms with Crippen LogP contribution in [0.1, 0.15) is 11.4 Å². The smallest absolute Gasteiger partial charge is 0.229 e. The second-order valence-electron chi connectivity index (χ2n) is 6.90. The van der Waals surface area contributed by atoms with E-state index in [1.165, 1.54) is 0 Å². The summed E-state index contributed by atoms with van der Waals surface area (Å²) in [5, 5.41) is 10.8. The molecule has 0 saturated carbocycles. The first-order valence-electron chi connectivity index (χ1n) is 9.71. The summed E-state index contributed by atoms with van der Waals surface area (Å²) < 4.78 is 0. The summed E-state index contributed by atoms with van der Waals surface area (Å²) in [6.07, 6.45) is 1.75. The molecule has 0 unspecified atom stereocenters. The third kappa shape index (κ3) is 5.58. The van der Waals surface area contributed by atoms with E-state index in [9.17, 15) is 0 Å². The number of hydrogen-bond donors (Lipinski definition) is 3. The van der Waals surface area contributed by atoms with Gasteiger partial charge in [0, 0.05) is 22.5 Å². The maximum Gasteiger partial charge on any atom is 0.229 e. The lowest BCUT2D eigenvalue weighted by Crippen LogP contribution is -2.26.